The van der Waals surface area contributed by atoms with Gasteiger partial charge >= 0.3 is 0 Å². The fraction of sp³-hybridized carbons (Fsp3) is 0.125. The van der Waals surface area contributed by atoms with E-state index in [0.29, 0.717) is 17.2 Å². The number of benzene rings is 2. The second kappa shape index (κ2) is 4.90. The van der Waals surface area contributed by atoms with Gasteiger partial charge in [-0.15, -0.1) is 0 Å². The molecule has 4 heteroatoms. The molecule has 0 radical (unpaired) electrons. The van der Waals surface area contributed by atoms with Gasteiger partial charge in [0.25, 0.3) is 0 Å². The Morgan fingerprint density at radius 3 is 2.70 bits per heavy atom. The van der Waals surface area contributed by atoms with E-state index >= 15 is 0 Å². The molecular formula is C16H16N2O2. The van der Waals surface area contributed by atoms with Crippen molar-refractivity contribution in [1.82, 2.24) is 0 Å². The number of ether oxygens (including phenoxy) is 2. The highest BCUT2D eigenvalue weighted by Crippen LogP contribution is 2.38. The fourth-order valence-electron chi connectivity index (χ4n) is 2.34. The molecule has 0 bridgehead atoms. The van der Waals surface area contributed by atoms with Crippen LogP contribution < -0.4 is 20.9 Å². The van der Waals surface area contributed by atoms with Gasteiger partial charge in [-0.25, -0.2) is 0 Å². The van der Waals surface area contributed by atoms with E-state index in [0.717, 1.165) is 16.9 Å². The van der Waals surface area contributed by atoms with Crippen LogP contribution in [0.3, 0.4) is 0 Å². The molecule has 0 spiro atoms. The first kappa shape index (κ1) is 12.6. The third kappa shape index (κ3) is 2.00. The van der Waals surface area contributed by atoms with Crippen molar-refractivity contribution in [3.63, 3.8) is 0 Å². The molecule has 1 aliphatic heterocycles. The first-order valence-electron chi connectivity index (χ1n) is 6.37. The van der Waals surface area contributed by atoms with Gasteiger partial charge in [0.1, 0.15) is 17.3 Å². The van der Waals surface area contributed by atoms with Crippen molar-refractivity contribution in [2.75, 3.05) is 12.8 Å². The van der Waals surface area contributed by atoms with E-state index in [1.54, 1.807) is 7.11 Å². The monoisotopic (exact) mass is 268 g/mol. The van der Waals surface area contributed by atoms with E-state index in [1.165, 1.54) is 0 Å². The lowest BCUT2D eigenvalue weighted by atomic mass is 10.0. The molecule has 0 amide bonds. The lowest BCUT2D eigenvalue weighted by Crippen LogP contribution is -2.16. The van der Waals surface area contributed by atoms with Crippen molar-refractivity contribution < 1.29 is 9.47 Å². The molecular weight excluding hydrogens is 252 g/mol. The van der Waals surface area contributed by atoms with Crippen molar-refractivity contribution in [3.8, 4) is 11.5 Å². The number of rotatable bonds is 2. The summed E-state index contributed by atoms with van der Waals surface area (Å²) in [5.41, 5.74) is 14.6. The standard InChI is InChI=1S/C16H16N2O2/c1-19-14-8-4-6-11(16(14)18)15-9-12(17)10-5-2-3-7-13(10)20-15/h2-9,12H,17-18H2,1H3. The predicted molar refractivity (Wildman–Crippen MR) is 79.4 cm³/mol. The molecule has 4 N–H and O–H groups in total. The summed E-state index contributed by atoms with van der Waals surface area (Å²) in [6, 6.07) is 13.1. The van der Waals surface area contributed by atoms with Gasteiger partial charge in [0.05, 0.1) is 18.8 Å². The minimum Gasteiger partial charge on any atom is -0.495 e. The first-order valence-corrected chi connectivity index (χ1v) is 6.37. The minimum atomic E-state index is -0.208. The van der Waals surface area contributed by atoms with Crippen LogP contribution in [0.1, 0.15) is 17.2 Å². The molecule has 0 fully saturated rings. The summed E-state index contributed by atoms with van der Waals surface area (Å²) in [5, 5.41) is 0. The molecule has 2 aromatic rings. The normalized spacial score (nSPS) is 16.9. The molecule has 102 valence electrons. The number of para-hydroxylation sites is 2. The number of anilines is 1. The second-order valence-corrected chi connectivity index (χ2v) is 4.62. The summed E-state index contributed by atoms with van der Waals surface area (Å²) in [4.78, 5) is 0. The molecule has 1 atom stereocenters. The highest BCUT2D eigenvalue weighted by molar-refractivity contribution is 5.78. The van der Waals surface area contributed by atoms with Crippen molar-refractivity contribution >= 4 is 11.4 Å². The minimum absolute atomic E-state index is 0.208. The Morgan fingerprint density at radius 2 is 1.90 bits per heavy atom. The van der Waals surface area contributed by atoms with Crippen LogP contribution in [0, 0.1) is 0 Å². The SMILES string of the molecule is COc1cccc(C2=CC(N)c3ccccc3O2)c1N. The molecule has 1 heterocycles. The van der Waals surface area contributed by atoms with Crippen molar-refractivity contribution in [2.24, 2.45) is 5.73 Å². The largest absolute Gasteiger partial charge is 0.495 e. The quantitative estimate of drug-likeness (QED) is 0.821. The lowest BCUT2D eigenvalue weighted by molar-refractivity contribution is 0.416. The van der Waals surface area contributed by atoms with E-state index in [1.807, 2.05) is 48.5 Å². The Kier molecular flexibility index (Phi) is 3.08. The number of methoxy groups -OCH3 is 1. The summed E-state index contributed by atoms with van der Waals surface area (Å²) in [6.07, 6.45) is 1.87. The summed E-state index contributed by atoms with van der Waals surface area (Å²) in [7, 11) is 1.59. The van der Waals surface area contributed by atoms with Crippen LogP contribution in [0.4, 0.5) is 5.69 Å². The van der Waals surface area contributed by atoms with Gasteiger partial charge in [-0.3, -0.25) is 0 Å². The zero-order valence-electron chi connectivity index (χ0n) is 11.2. The summed E-state index contributed by atoms with van der Waals surface area (Å²) in [6.45, 7) is 0. The zero-order valence-corrected chi connectivity index (χ0v) is 11.2. The number of nitrogen functional groups attached to an aromatic ring is 1. The molecule has 0 aliphatic carbocycles. The van der Waals surface area contributed by atoms with Crippen LogP contribution in [-0.2, 0) is 0 Å². The Hall–Kier alpha value is -2.46. The van der Waals surface area contributed by atoms with E-state index in [4.69, 9.17) is 20.9 Å². The fourth-order valence-corrected chi connectivity index (χ4v) is 2.34. The van der Waals surface area contributed by atoms with E-state index in [2.05, 4.69) is 0 Å². The summed E-state index contributed by atoms with van der Waals surface area (Å²) < 4.78 is 11.1. The maximum atomic E-state index is 6.17. The van der Waals surface area contributed by atoms with Crippen molar-refractivity contribution in [1.29, 1.82) is 0 Å². The van der Waals surface area contributed by atoms with Gasteiger partial charge in [0, 0.05) is 11.1 Å². The Balaban J connectivity index is 2.05. The Labute approximate surface area is 117 Å². The lowest BCUT2D eigenvalue weighted by Gasteiger charge is -2.23. The average molecular weight is 268 g/mol. The maximum Gasteiger partial charge on any atom is 0.142 e. The van der Waals surface area contributed by atoms with Crippen LogP contribution in [0.15, 0.2) is 48.5 Å². The third-order valence-electron chi connectivity index (χ3n) is 3.38. The Morgan fingerprint density at radius 1 is 1.10 bits per heavy atom. The van der Waals surface area contributed by atoms with Gasteiger partial charge in [0.15, 0.2) is 0 Å². The van der Waals surface area contributed by atoms with Crippen LogP contribution in [0.2, 0.25) is 0 Å². The molecule has 1 unspecified atom stereocenters. The van der Waals surface area contributed by atoms with Gasteiger partial charge in [-0.05, 0) is 24.3 Å². The second-order valence-electron chi connectivity index (χ2n) is 4.62. The highest BCUT2D eigenvalue weighted by atomic mass is 16.5. The molecule has 0 saturated heterocycles. The smallest absolute Gasteiger partial charge is 0.142 e. The molecule has 20 heavy (non-hydrogen) atoms. The maximum absolute atomic E-state index is 6.17. The number of nitrogens with two attached hydrogens (primary N) is 2. The molecule has 0 aromatic heterocycles. The predicted octanol–water partition coefficient (Wildman–Crippen LogP) is 2.71. The van der Waals surface area contributed by atoms with Crippen molar-refractivity contribution in [2.45, 2.75) is 6.04 Å². The number of fused-ring (bicyclic) bond motifs is 1. The van der Waals surface area contributed by atoms with Crippen LogP contribution >= 0.6 is 0 Å². The zero-order chi connectivity index (χ0) is 14.1. The van der Waals surface area contributed by atoms with Gasteiger partial charge < -0.3 is 20.9 Å². The molecule has 4 nitrogen and oxygen atoms in total. The summed E-state index contributed by atoms with van der Waals surface area (Å²) in [5.74, 6) is 2.05. The van der Waals surface area contributed by atoms with Gasteiger partial charge in [0.2, 0.25) is 0 Å². The van der Waals surface area contributed by atoms with Crippen molar-refractivity contribution in [3.05, 3.63) is 59.7 Å². The van der Waals surface area contributed by atoms with E-state index in [-0.39, 0.29) is 6.04 Å². The topological polar surface area (TPSA) is 70.5 Å². The van der Waals surface area contributed by atoms with Crippen LogP contribution in [0.25, 0.3) is 5.76 Å². The van der Waals surface area contributed by atoms with Gasteiger partial charge in [-0.2, -0.15) is 0 Å². The third-order valence-corrected chi connectivity index (χ3v) is 3.38. The van der Waals surface area contributed by atoms with E-state index < -0.39 is 0 Å². The van der Waals surface area contributed by atoms with Gasteiger partial charge in [-0.1, -0.05) is 24.3 Å². The first-order chi connectivity index (χ1) is 9.70. The Bertz CT molecular complexity index is 680. The average Bonchev–Trinajstić information content (AvgIpc) is 2.47. The number of hydrogen-bond donors (Lipinski definition) is 2. The molecule has 2 aromatic carbocycles. The summed E-state index contributed by atoms with van der Waals surface area (Å²) >= 11 is 0. The number of hydrogen-bond acceptors (Lipinski definition) is 4. The molecule has 3 rings (SSSR count). The highest BCUT2D eigenvalue weighted by Gasteiger charge is 2.21. The molecule has 0 saturated carbocycles. The molecule has 1 aliphatic rings. The van der Waals surface area contributed by atoms with Crippen LogP contribution in [0.5, 0.6) is 11.5 Å². The van der Waals surface area contributed by atoms with E-state index in [9.17, 15) is 0 Å². The van der Waals surface area contributed by atoms with Crippen LogP contribution in [-0.4, -0.2) is 7.11 Å².